The Labute approximate surface area is 160 Å². The normalized spacial score (nSPS) is 16.8. The van der Waals surface area contributed by atoms with Gasteiger partial charge in [-0.1, -0.05) is 36.4 Å². The Morgan fingerprint density at radius 3 is 2.48 bits per heavy atom. The van der Waals surface area contributed by atoms with Gasteiger partial charge in [-0.05, 0) is 49.5 Å². The lowest BCUT2D eigenvalue weighted by Gasteiger charge is -2.28. The number of nitrogens with zero attached hydrogens (tertiary/aromatic N) is 2. The molecule has 0 aliphatic carbocycles. The van der Waals surface area contributed by atoms with Crippen molar-refractivity contribution in [2.24, 2.45) is 7.05 Å². The second kappa shape index (κ2) is 7.46. The molecule has 0 amide bonds. The Balaban J connectivity index is 1.62. The Morgan fingerprint density at radius 1 is 1.00 bits per heavy atom. The quantitative estimate of drug-likeness (QED) is 0.711. The number of nitrogens with one attached hydrogen (secondary N) is 1. The highest BCUT2D eigenvalue weighted by Gasteiger charge is 2.27. The monoisotopic (exact) mass is 383 g/mol. The summed E-state index contributed by atoms with van der Waals surface area (Å²) in [6, 6.07) is 17.1. The summed E-state index contributed by atoms with van der Waals surface area (Å²) in [4.78, 5) is 2.72. The van der Waals surface area contributed by atoms with Crippen LogP contribution in [0.5, 0.6) is 0 Å². The van der Waals surface area contributed by atoms with E-state index >= 15 is 0 Å². The third-order valence-electron chi connectivity index (χ3n) is 5.41. The molecule has 2 aromatic carbocycles. The summed E-state index contributed by atoms with van der Waals surface area (Å²) in [6.45, 7) is 2.38. The molecule has 5 nitrogen and oxygen atoms in total. The summed E-state index contributed by atoms with van der Waals surface area (Å²) in [5.74, 6) is 0. The summed E-state index contributed by atoms with van der Waals surface area (Å²) < 4.78 is 31.1. The molecule has 1 fully saturated rings. The first-order valence-corrected chi connectivity index (χ1v) is 10.9. The lowest BCUT2D eigenvalue weighted by atomic mass is 10.1. The van der Waals surface area contributed by atoms with E-state index in [1.54, 1.807) is 12.1 Å². The van der Waals surface area contributed by atoms with Gasteiger partial charge in [0, 0.05) is 30.9 Å². The van der Waals surface area contributed by atoms with Crippen LogP contribution >= 0.6 is 0 Å². The van der Waals surface area contributed by atoms with E-state index in [-0.39, 0.29) is 6.04 Å². The summed E-state index contributed by atoms with van der Waals surface area (Å²) in [6.07, 6.45) is 4.34. The Kier molecular flexibility index (Phi) is 5.04. The zero-order valence-electron chi connectivity index (χ0n) is 15.5. The standard InChI is InChI=1S/C21H25N3O2S/c1-23-13-7-11-19(23)20(24-14-4-5-15-24)16-22-27(25,26)21-12-6-9-17-8-2-3-10-18(17)21/h2-3,6-13,20,22H,4-5,14-16H2,1H3. The molecule has 1 saturated heterocycles. The molecular formula is C21H25N3O2S. The number of benzene rings is 2. The molecule has 1 N–H and O–H groups in total. The second-order valence-electron chi connectivity index (χ2n) is 7.13. The van der Waals surface area contributed by atoms with E-state index < -0.39 is 10.0 Å². The highest BCUT2D eigenvalue weighted by atomic mass is 32.2. The number of rotatable bonds is 6. The maximum atomic E-state index is 13.1. The van der Waals surface area contributed by atoms with Crippen molar-refractivity contribution in [1.82, 2.24) is 14.2 Å². The first-order valence-electron chi connectivity index (χ1n) is 9.39. The molecule has 1 atom stereocenters. The summed E-state index contributed by atoms with van der Waals surface area (Å²) >= 11 is 0. The molecule has 1 aliphatic heterocycles. The minimum Gasteiger partial charge on any atom is -0.353 e. The van der Waals surface area contributed by atoms with Gasteiger partial charge in [0.1, 0.15) is 0 Å². The van der Waals surface area contributed by atoms with E-state index in [4.69, 9.17) is 0 Å². The Hall–Kier alpha value is -2.15. The van der Waals surface area contributed by atoms with Crippen LogP contribution in [0.25, 0.3) is 10.8 Å². The molecule has 1 aliphatic rings. The smallest absolute Gasteiger partial charge is 0.241 e. The lowest BCUT2D eigenvalue weighted by Crippen LogP contribution is -2.37. The molecule has 0 spiro atoms. The molecular weight excluding hydrogens is 358 g/mol. The van der Waals surface area contributed by atoms with Crippen molar-refractivity contribution >= 4 is 20.8 Å². The first kappa shape index (κ1) is 18.2. The molecule has 4 rings (SSSR count). The number of fused-ring (bicyclic) bond motifs is 1. The van der Waals surface area contributed by atoms with E-state index in [2.05, 4.69) is 20.3 Å². The highest BCUT2D eigenvalue weighted by Crippen LogP contribution is 2.26. The number of aryl methyl sites for hydroxylation is 1. The fourth-order valence-corrected chi connectivity index (χ4v) is 5.26. The molecule has 6 heteroatoms. The van der Waals surface area contributed by atoms with Crippen LogP contribution in [-0.2, 0) is 17.1 Å². The largest absolute Gasteiger partial charge is 0.353 e. The molecule has 0 saturated carbocycles. The van der Waals surface area contributed by atoms with Gasteiger partial charge in [0.2, 0.25) is 10.0 Å². The van der Waals surface area contributed by atoms with Gasteiger partial charge in [0.25, 0.3) is 0 Å². The van der Waals surface area contributed by atoms with Crippen molar-refractivity contribution in [1.29, 1.82) is 0 Å². The van der Waals surface area contributed by atoms with Crippen LogP contribution in [0.3, 0.4) is 0 Å². The molecule has 3 aromatic rings. The van der Waals surface area contributed by atoms with Gasteiger partial charge in [-0.25, -0.2) is 13.1 Å². The van der Waals surface area contributed by atoms with E-state index in [0.29, 0.717) is 11.4 Å². The minimum absolute atomic E-state index is 0.0391. The Morgan fingerprint density at radius 2 is 1.74 bits per heavy atom. The van der Waals surface area contributed by atoms with Crippen molar-refractivity contribution in [3.05, 3.63) is 66.5 Å². The maximum Gasteiger partial charge on any atom is 0.241 e. The van der Waals surface area contributed by atoms with Gasteiger partial charge < -0.3 is 4.57 Å². The van der Waals surface area contributed by atoms with Gasteiger partial charge in [0.15, 0.2) is 0 Å². The maximum absolute atomic E-state index is 13.1. The number of hydrogen-bond donors (Lipinski definition) is 1. The molecule has 1 unspecified atom stereocenters. The molecule has 142 valence electrons. The van der Waals surface area contributed by atoms with E-state index in [1.165, 1.54) is 0 Å². The summed E-state index contributed by atoms with van der Waals surface area (Å²) in [5.41, 5.74) is 1.14. The van der Waals surface area contributed by atoms with Crippen LogP contribution in [0.4, 0.5) is 0 Å². The van der Waals surface area contributed by atoms with Crippen LogP contribution in [0.2, 0.25) is 0 Å². The fraction of sp³-hybridized carbons (Fsp3) is 0.333. The van der Waals surface area contributed by atoms with Gasteiger partial charge in [-0.15, -0.1) is 0 Å². The van der Waals surface area contributed by atoms with Crippen molar-refractivity contribution < 1.29 is 8.42 Å². The molecule has 1 aromatic heterocycles. The zero-order chi connectivity index (χ0) is 18.9. The average Bonchev–Trinajstić information content (AvgIpc) is 3.34. The number of hydrogen-bond acceptors (Lipinski definition) is 3. The second-order valence-corrected chi connectivity index (χ2v) is 8.87. The predicted molar refractivity (Wildman–Crippen MR) is 108 cm³/mol. The van der Waals surface area contributed by atoms with Crippen LogP contribution in [0.1, 0.15) is 24.6 Å². The topological polar surface area (TPSA) is 54.3 Å². The summed E-state index contributed by atoms with van der Waals surface area (Å²) in [5, 5.41) is 1.68. The van der Waals surface area contributed by atoms with Crippen LogP contribution in [0, 0.1) is 0 Å². The number of likely N-dealkylation sites (tertiary alicyclic amines) is 1. The van der Waals surface area contributed by atoms with Crippen molar-refractivity contribution in [2.45, 2.75) is 23.8 Å². The average molecular weight is 384 g/mol. The van der Waals surface area contributed by atoms with Gasteiger partial charge in [0.05, 0.1) is 10.9 Å². The van der Waals surface area contributed by atoms with E-state index in [0.717, 1.165) is 42.4 Å². The number of aromatic nitrogens is 1. The first-order chi connectivity index (χ1) is 13.1. The molecule has 2 heterocycles. The fourth-order valence-electron chi connectivity index (χ4n) is 3.99. The third-order valence-corrected chi connectivity index (χ3v) is 6.89. The molecule has 0 bridgehead atoms. The molecule has 27 heavy (non-hydrogen) atoms. The van der Waals surface area contributed by atoms with Gasteiger partial charge >= 0.3 is 0 Å². The zero-order valence-corrected chi connectivity index (χ0v) is 16.3. The summed E-state index contributed by atoms with van der Waals surface area (Å²) in [7, 11) is -1.59. The molecule has 0 radical (unpaired) electrons. The van der Waals surface area contributed by atoms with Crippen molar-refractivity contribution in [3.8, 4) is 0 Å². The van der Waals surface area contributed by atoms with Crippen molar-refractivity contribution in [3.63, 3.8) is 0 Å². The third kappa shape index (κ3) is 3.65. The minimum atomic E-state index is -3.60. The van der Waals surface area contributed by atoms with Gasteiger partial charge in [-0.2, -0.15) is 0 Å². The Bertz CT molecular complexity index is 1030. The van der Waals surface area contributed by atoms with E-state index in [9.17, 15) is 8.42 Å². The SMILES string of the molecule is Cn1cccc1C(CNS(=O)(=O)c1cccc2ccccc12)N1CCCC1. The van der Waals surface area contributed by atoms with Crippen molar-refractivity contribution in [2.75, 3.05) is 19.6 Å². The van der Waals surface area contributed by atoms with E-state index in [1.807, 2.05) is 49.6 Å². The lowest BCUT2D eigenvalue weighted by molar-refractivity contribution is 0.238. The van der Waals surface area contributed by atoms with Crippen LogP contribution < -0.4 is 4.72 Å². The highest BCUT2D eigenvalue weighted by molar-refractivity contribution is 7.89. The van der Waals surface area contributed by atoms with Gasteiger partial charge in [-0.3, -0.25) is 4.90 Å². The number of sulfonamides is 1. The predicted octanol–water partition coefficient (Wildman–Crippen LogP) is 3.29. The van der Waals surface area contributed by atoms with Crippen LogP contribution in [0.15, 0.2) is 65.7 Å². The van der Waals surface area contributed by atoms with Crippen LogP contribution in [-0.4, -0.2) is 37.5 Å².